The summed E-state index contributed by atoms with van der Waals surface area (Å²) >= 11 is 0. The van der Waals surface area contributed by atoms with Crippen LogP contribution in [0.5, 0.6) is 0 Å². The summed E-state index contributed by atoms with van der Waals surface area (Å²) in [6.45, 7) is 0. The number of sulfone groups is 1. The van der Waals surface area contributed by atoms with E-state index in [1.807, 2.05) is 0 Å². The molecule has 1 fully saturated rings. The highest BCUT2D eigenvalue weighted by Gasteiger charge is 2.24. The molecule has 5 heteroatoms. The summed E-state index contributed by atoms with van der Waals surface area (Å²) in [4.78, 5) is 0.315. The Kier molecular flexibility index (Phi) is 3.40. The minimum absolute atomic E-state index is 0.0825. The number of hydrogen-bond donors (Lipinski definition) is 2. The van der Waals surface area contributed by atoms with Gasteiger partial charge in [-0.05, 0) is 43.5 Å². The monoisotopic (exact) mass is 255 g/mol. The van der Waals surface area contributed by atoms with Gasteiger partial charge < -0.3 is 10.4 Å². The average molecular weight is 255 g/mol. The molecule has 0 saturated heterocycles. The number of nitrogens with one attached hydrogen (secondary N) is 1. The lowest BCUT2D eigenvalue weighted by Crippen LogP contribution is -2.27. The van der Waals surface area contributed by atoms with E-state index in [1.165, 1.54) is 6.26 Å². The topological polar surface area (TPSA) is 66.4 Å². The zero-order valence-corrected chi connectivity index (χ0v) is 10.6. The fourth-order valence-electron chi connectivity index (χ4n) is 2.12. The second-order valence-corrected chi connectivity index (χ2v) is 6.56. The molecule has 94 valence electrons. The molecule has 0 radical (unpaired) electrons. The van der Waals surface area contributed by atoms with Gasteiger partial charge in [0.15, 0.2) is 9.84 Å². The van der Waals surface area contributed by atoms with Crippen molar-refractivity contribution in [1.29, 1.82) is 0 Å². The van der Waals surface area contributed by atoms with Gasteiger partial charge in [0.25, 0.3) is 0 Å². The molecule has 0 amide bonds. The molecule has 1 saturated carbocycles. The highest BCUT2D eigenvalue weighted by atomic mass is 32.2. The molecule has 0 aromatic heterocycles. The fraction of sp³-hybridized carbons (Fsp3) is 0.500. The lowest BCUT2D eigenvalue weighted by Gasteiger charge is -2.17. The molecule has 2 atom stereocenters. The van der Waals surface area contributed by atoms with E-state index in [9.17, 15) is 13.5 Å². The lowest BCUT2D eigenvalue weighted by atomic mass is 10.2. The Balaban J connectivity index is 2.08. The Morgan fingerprint density at radius 2 is 1.88 bits per heavy atom. The lowest BCUT2D eigenvalue weighted by molar-refractivity contribution is 0.172. The molecule has 2 rings (SSSR count). The molecule has 0 aliphatic heterocycles. The third-order valence-corrected chi connectivity index (χ3v) is 4.24. The maximum Gasteiger partial charge on any atom is 0.175 e. The Hall–Kier alpha value is -1.07. The van der Waals surface area contributed by atoms with Gasteiger partial charge in [-0.3, -0.25) is 0 Å². The van der Waals surface area contributed by atoms with Crippen LogP contribution in [0.15, 0.2) is 29.2 Å². The summed E-state index contributed by atoms with van der Waals surface area (Å²) in [5, 5.41) is 12.9. The van der Waals surface area contributed by atoms with Gasteiger partial charge in [-0.2, -0.15) is 0 Å². The van der Waals surface area contributed by atoms with E-state index in [-0.39, 0.29) is 12.1 Å². The van der Waals surface area contributed by atoms with Gasteiger partial charge >= 0.3 is 0 Å². The molecule has 2 N–H and O–H groups in total. The van der Waals surface area contributed by atoms with Gasteiger partial charge in [0.2, 0.25) is 0 Å². The zero-order chi connectivity index (χ0) is 12.5. The van der Waals surface area contributed by atoms with E-state index < -0.39 is 9.84 Å². The summed E-state index contributed by atoms with van der Waals surface area (Å²) in [5.41, 5.74) is 0.850. The largest absolute Gasteiger partial charge is 0.391 e. The van der Waals surface area contributed by atoms with Crippen molar-refractivity contribution in [2.24, 2.45) is 0 Å². The minimum atomic E-state index is -3.13. The quantitative estimate of drug-likeness (QED) is 0.857. The first-order chi connectivity index (χ1) is 7.97. The van der Waals surface area contributed by atoms with Crippen molar-refractivity contribution >= 4 is 15.5 Å². The van der Waals surface area contributed by atoms with Crippen LogP contribution >= 0.6 is 0 Å². The van der Waals surface area contributed by atoms with Gasteiger partial charge in [0.1, 0.15) is 0 Å². The fourth-order valence-corrected chi connectivity index (χ4v) is 2.75. The highest BCUT2D eigenvalue weighted by Crippen LogP contribution is 2.23. The van der Waals surface area contributed by atoms with Crippen LogP contribution in [0.1, 0.15) is 19.3 Å². The van der Waals surface area contributed by atoms with Crippen molar-refractivity contribution in [3.63, 3.8) is 0 Å². The normalized spacial score (nSPS) is 24.8. The van der Waals surface area contributed by atoms with Gasteiger partial charge in [0.05, 0.1) is 17.0 Å². The minimum Gasteiger partial charge on any atom is -0.391 e. The van der Waals surface area contributed by atoms with Crippen molar-refractivity contribution in [3.8, 4) is 0 Å². The van der Waals surface area contributed by atoms with Crippen molar-refractivity contribution in [2.45, 2.75) is 36.3 Å². The standard InChI is InChI=1S/C12H17NO3S/c1-17(15,16)10-7-5-9(6-8-10)13-11-3-2-4-12(11)14/h5-8,11-14H,2-4H2,1H3/t11-,12-/m1/s1. The van der Waals surface area contributed by atoms with Gasteiger partial charge in [0, 0.05) is 11.9 Å². The summed E-state index contributed by atoms with van der Waals surface area (Å²) < 4.78 is 22.6. The molecule has 4 nitrogen and oxygen atoms in total. The maximum atomic E-state index is 11.3. The van der Waals surface area contributed by atoms with Crippen molar-refractivity contribution < 1.29 is 13.5 Å². The van der Waals surface area contributed by atoms with Crippen LogP contribution < -0.4 is 5.32 Å². The SMILES string of the molecule is CS(=O)(=O)c1ccc(N[C@@H]2CCC[C@H]2O)cc1. The Bertz CT molecular complexity index is 481. The smallest absolute Gasteiger partial charge is 0.175 e. The van der Waals surface area contributed by atoms with Crippen LogP contribution in [0, 0.1) is 0 Å². The number of anilines is 1. The van der Waals surface area contributed by atoms with E-state index in [0.29, 0.717) is 4.90 Å². The summed E-state index contributed by atoms with van der Waals surface area (Å²) in [6.07, 6.45) is 3.70. The van der Waals surface area contributed by atoms with E-state index in [4.69, 9.17) is 0 Å². The van der Waals surface area contributed by atoms with Crippen LogP contribution in [0.25, 0.3) is 0 Å². The number of rotatable bonds is 3. The van der Waals surface area contributed by atoms with Gasteiger partial charge in [-0.1, -0.05) is 0 Å². The molecule has 1 aromatic rings. The highest BCUT2D eigenvalue weighted by molar-refractivity contribution is 7.90. The van der Waals surface area contributed by atoms with Crippen LogP contribution in [-0.2, 0) is 9.84 Å². The van der Waals surface area contributed by atoms with Crippen LogP contribution in [0.4, 0.5) is 5.69 Å². The third-order valence-electron chi connectivity index (χ3n) is 3.11. The van der Waals surface area contributed by atoms with Crippen LogP contribution in [-0.4, -0.2) is 31.9 Å². The molecule has 0 heterocycles. The molecular formula is C12H17NO3S. The van der Waals surface area contributed by atoms with E-state index in [2.05, 4.69) is 5.32 Å². The number of aliphatic hydroxyl groups is 1. The first-order valence-electron chi connectivity index (χ1n) is 5.71. The van der Waals surface area contributed by atoms with E-state index >= 15 is 0 Å². The Labute approximate surface area is 102 Å². The predicted octanol–water partition coefficient (Wildman–Crippen LogP) is 1.42. The summed E-state index contributed by atoms with van der Waals surface area (Å²) in [6, 6.07) is 6.72. The van der Waals surface area contributed by atoms with Gasteiger partial charge in [-0.15, -0.1) is 0 Å². The first-order valence-corrected chi connectivity index (χ1v) is 7.61. The van der Waals surface area contributed by atoms with Crippen LogP contribution in [0.3, 0.4) is 0 Å². The Morgan fingerprint density at radius 1 is 1.24 bits per heavy atom. The number of benzene rings is 1. The average Bonchev–Trinajstić information content (AvgIpc) is 2.64. The predicted molar refractivity (Wildman–Crippen MR) is 66.8 cm³/mol. The van der Waals surface area contributed by atoms with Crippen molar-refractivity contribution in [3.05, 3.63) is 24.3 Å². The number of hydrogen-bond acceptors (Lipinski definition) is 4. The Morgan fingerprint density at radius 3 is 2.35 bits per heavy atom. The summed E-state index contributed by atoms with van der Waals surface area (Å²) in [5.74, 6) is 0. The second-order valence-electron chi connectivity index (χ2n) is 4.55. The van der Waals surface area contributed by atoms with Gasteiger partial charge in [-0.25, -0.2) is 8.42 Å². The van der Waals surface area contributed by atoms with E-state index in [0.717, 1.165) is 24.9 Å². The van der Waals surface area contributed by atoms with Crippen molar-refractivity contribution in [1.82, 2.24) is 0 Å². The molecule has 0 unspecified atom stereocenters. The summed E-state index contributed by atoms with van der Waals surface area (Å²) in [7, 11) is -3.13. The third kappa shape index (κ3) is 2.98. The zero-order valence-electron chi connectivity index (χ0n) is 9.76. The molecule has 0 spiro atoms. The first kappa shape index (κ1) is 12.4. The molecule has 1 aliphatic rings. The molecule has 0 bridgehead atoms. The second kappa shape index (κ2) is 4.66. The molecule has 1 aliphatic carbocycles. The maximum absolute atomic E-state index is 11.3. The molecule has 17 heavy (non-hydrogen) atoms. The number of aliphatic hydroxyl groups excluding tert-OH is 1. The van der Waals surface area contributed by atoms with E-state index in [1.54, 1.807) is 24.3 Å². The van der Waals surface area contributed by atoms with Crippen molar-refractivity contribution in [2.75, 3.05) is 11.6 Å². The molecule has 1 aromatic carbocycles. The molecular weight excluding hydrogens is 238 g/mol. The van der Waals surface area contributed by atoms with Crippen LogP contribution in [0.2, 0.25) is 0 Å².